The van der Waals surface area contributed by atoms with Gasteiger partial charge in [-0.25, -0.2) is 0 Å². The molecule has 2 unspecified atom stereocenters. The van der Waals surface area contributed by atoms with Gasteiger partial charge in [-0.15, -0.1) is 0 Å². The summed E-state index contributed by atoms with van der Waals surface area (Å²) in [5.74, 6) is 0.547. The normalized spacial score (nSPS) is 14.2. The summed E-state index contributed by atoms with van der Waals surface area (Å²) in [4.78, 5) is 10.5. The maximum absolute atomic E-state index is 10.9. The summed E-state index contributed by atoms with van der Waals surface area (Å²) in [6, 6.07) is 6.53. The Kier molecular flexibility index (Phi) is 5.24. The van der Waals surface area contributed by atoms with E-state index < -0.39 is 10.8 Å². The lowest BCUT2D eigenvalue weighted by Gasteiger charge is -2.13. The molecule has 0 saturated carbocycles. The summed E-state index contributed by atoms with van der Waals surface area (Å²) in [5, 5.41) is 14.0. The number of nitrogens with one attached hydrogen (secondary N) is 1. The first kappa shape index (κ1) is 13.8. The van der Waals surface area contributed by atoms with Gasteiger partial charge in [0.25, 0.3) is 5.69 Å². The lowest BCUT2D eigenvalue weighted by molar-refractivity contribution is -0.385. The Hall–Kier alpha value is -1.27. The summed E-state index contributed by atoms with van der Waals surface area (Å²) >= 11 is 0. The van der Waals surface area contributed by atoms with Crippen LogP contribution >= 0.6 is 0 Å². The Morgan fingerprint density at radius 1 is 1.47 bits per heavy atom. The Morgan fingerprint density at radius 2 is 2.12 bits per heavy atom. The third-order valence-electron chi connectivity index (χ3n) is 2.44. The van der Waals surface area contributed by atoms with Gasteiger partial charge in [0, 0.05) is 47.0 Å². The highest BCUT2D eigenvalue weighted by atomic mass is 32.2. The highest BCUT2D eigenvalue weighted by Gasteiger charge is 2.17. The van der Waals surface area contributed by atoms with Gasteiger partial charge in [-0.05, 0) is 6.92 Å². The van der Waals surface area contributed by atoms with Gasteiger partial charge < -0.3 is 5.32 Å². The third-order valence-corrected chi connectivity index (χ3v) is 3.22. The van der Waals surface area contributed by atoms with E-state index in [4.69, 9.17) is 0 Å². The molecular weight excluding hydrogens is 240 g/mol. The predicted octanol–water partition coefficient (Wildman–Crippen LogP) is 1.62. The second-order valence-corrected chi connectivity index (χ2v) is 5.32. The molecule has 6 heteroatoms. The van der Waals surface area contributed by atoms with Crippen molar-refractivity contribution in [3.63, 3.8) is 0 Å². The molecule has 0 aliphatic carbocycles. The fourth-order valence-corrected chi connectivity index (χ4v) is 1.95. The lowest BCUT2D eigenvalue weighted by atomic mass is 10.1. The monoisotopic (exact) mass is 256 g/mol. The molecule has 5 nitrogen and oxygen atoms in total. The molecule has 0 amide bonds. The summed E-state index contributed by atoms with van der Waals surface area (Å²) in [5.41, 5.74) is 0.768. The van der Waals surface area contributed by atoms with Crippen molar-refractivity contribution in [2.45, 2.75) is 13.0 Å². The number of hydrogen-bond donors (Lipinski definition) is 1. The van der Waals surface area contributed by atoms with Crippen LogP contribution in [-0.4, -0.2) is 27.7 Å². The van der Waals surface area contributed by atoms with Crippen molar-refractivity contribution in [2.75, 3.05) is 18.6 Å². The van der Waals surface area contributed by atoms with Crippen molar-refractivity contribution >= 4 is 16.5 Å². The highest BCUT2D eigenvalue weighted by Crippen LogP contribution is 2.23. The van der Waals surface area contributed by atoms with Gasteiger partial charge in [0.05, 0.1) is 4.92 Å². The van der Waals surface area contributed by atoms with Crippen molar-refractivity contribution in [3.05, 3.63) is 39.9 Å². The van der Waals surface area contributed by atoms with Crippen LogP contribution in [0.5, 0.6) is 0 Å². The van der Waals surface area contributed by atoms with E-state index in [1.54, 1.807) is 24.5 Å². The molecule has 1 rings (SSSR count). The van der Waals surface area contributed by atoms with Crippen LogP contribution in [0.2, 0.25) is 0 Å². The SMILES string of the molecule is CC(NCCS(C)=O)c1ccccc1[N+](=O)[O-]. The molecule has 94 valence electrons. The quantitative estimate of drug-likeness (QED) is 0.620. The zero-order chi connectivity index (χ0) is 12.8. The van der Waals surface area contributed by atoms with Gasteiger partial charge >= 0.3 is 0 Å². The van der Waals surface area contributed by atoms with Crippen molar-refractivity contribution in [1.82, 2.24) is 5.32 Å². The second kappa shape index (κ2) is 6.46. The Morgan fingerprint density at radius 3 is 2.71 bits per heavy atom. The Labute approximate surface area is 103 Å². The van der Waals surface area contributed by atoms with E-state index in [1.165, 1.54) is 6.07 Å². The molecule has 0 heterocycles. The molecule has 0 aliphatic heterocycles. The minimum absolute atomic E-state index is 0.116. The maximum Gasteiger partial charge on any atom is 0.274 e. The van der Waals surface area contributed by atoms with Crippen LogP contribution < -0.4 is 5.32 Å². The number of nitrogens with zero attached hydrogens (tertiary/aromatic N) is 1. The van der Waals surface area contributed by atoms with Crippen LogP contribution in [0.3, 0.4) is 0 Å². The number of rotatable bonds is 6. The summed E-state index contributed by atoms with van der Waals surface area (Å²) in [6.45, 7) is 2.44. The first-order chi connectivity index (χ1) is 8.02. The molecule has 0 fully saturated rings. The fraction of sp³-hybridized carbons (Fsp3) is 0.455. The molecule has 2 atom stereocenters. The molecule has 0 radical (unpaired) electrons. The zero-order valence-electron chi connectivity index (χ0n) is 9.88. The number of para-hydroxylation sites is 1. The molecule has 17 heavy (non-hydrogen) atoms. The largest absolute Gasteiger partial charge is 0.309 e. The molecule has 0 aromatic heterocycles. The van der Waals surface area contributed by atoms with Crippen molar-refractivity contribution in [3.8, 4) is 0 Å². The maximum atomic E-state index is 10.9. The van der Waals surface area contributed by atoms with Gasteiger partial charge in [-0.3, -0.25) is 14.3 Å². The van der Waals surface area contributed by atoms with Crippen LogP contribution in [0, 0.1) is 10.1 Å². The van der Waals surface area contributed by atoms with Gasteiger partial charge in [0.15, 0.2) is 0 Å². The molecule has 1 aromatic carbocycles. The summed E-state index contributed by atoms with van der Waals surface area (Å²) in [6.07, 6.45) is 1.64. The highest BCUT2D eigenvalue weighted by molar-refractivity contribution is 7.84. The number of nitro benzene ring substituents is 1. The molecule has 0 bridgehead atoms. The average molecular weight is 256 g/mol. The Balaban J connectivity index is 2.71. The zero-order valence-corrected chi connectivity index (χ0v) is 10.7. The van der Waals surface area contributed by atoms with Crippen LogP contribution in [0.4, 0.5) is 5.69 Å². The number of benzene rings is 1. The minimum atomic E-state index is -0.849. The van der Waals surface area contributed by atoms with E-state index in [2.05, 4.69) is 5.32 Å². The van der Waals surface area contributed by atoms with Gasteiger partial charge in [-0.2, -0.15) is 0 Å². The molecule has 1 aromatic rings. The predicted molar refractivity (Wildman–Crippen MR) is 68.4 cm³/mol. The molecule has 0 spiro atoms. The fourth-order valence-electron chi connectivity index (χ4n) is 1.55. The van der Waals surface area contributed by atoms with E-state index in [1.807, 2.05) is 6.92 Å². The van der Waals surface area contributed by atoms with Crippen LogP contribution in [0.25, 0.3) is 0 Å². The molecule has 1 N–H and O–H groups in total. The molecule has 0 aliphatic rings. The van der Waals surface area contributed by atoms with E-state index in [-0.39, 0.29) is 16.7 Å². The lowest BCUT2D eigenvalue weighted by Crippen LogP contribution is -2.24. The second-order valence-electron chi connectivity index (χ2n) is 3.77. The van der Waals surface area contributed by atoms with Gasteiger partial charge in [-0.1, -0.05) is 18.2 Å². The summed E-state index contributed by atoms with van der Waals surface area (Å²) in [7, 11) is -0.849. The third kappa shape index (κ3) is 4.24. The van der Waals surface area contributed by atoms with Gasteiger partial charge in [0.2, 0.25) is 0 Å². The standard InChI is InChI=1S/C11H16N2O3S/c1-9(12-7-8-17(2)16)10-5-3-4-6-11(10)13(14)15/h3-6,9,12H,7-8H2,1-2H3. The van der Waals surface area contributed by atoms with Crippen molar-refractivity contribution in [1.29, 1.82) is 0 Å². The topological polar surface area (TPSA) is 72.2 Å². The van der Waals surface area contributed by atoms with Crippen LogP contribution in [-0.2, 0) is 10.8 Å². The summed E-state index contributed by atoms with van der Waals surface area (Å²) < 4.78 is 10.9. The molecule has 0 saturated heterocycles. The first-order valence-electron chi connectivity index (χ1n) is 5.29. The van der Waals surface area contributed by atoms with Crippen molar-refractivity contribution < 1.29 is 9.13 Å². The van der Waals surface area contributed by atoms with E-state index in [9.17, 15) is 14.3 Å². The van der Waals surface area contributed by atoms with E-state index in [0.717, 1.165) is 0 Å². The van der Waals surface area contributed by atoms with Crippen LogP contribution in [0.15, 0.2) is 24.3 Å². The number of nitro groups is 1. The van der Waals surface area contributed by atoms with E-state index >= 15 is 0 Å². The van der Waals surface area contributed by atoms with Crippen molar-refractivity contribution in [2.24, 2.45) is 0 Å². The van der Waals surface area contributed by atoms with Crippen LogP contribution in [0.1, 0.15) is 18.5 Å². The molecular formula is C11H16N2O3S. The average Bonchev–Trinajstić information content (AvgIpc) is 2.28. The minimum Gasteiger partial charge on any atom is -0.309 e. The number of hydrogen-bond acceptors (Lipinski definition) is 4. The van der Waals surface area contributed by atoms with Gasteiger partial charge in [0.1, 0.15) is 0 Å². The first-order valence-corrected chi connectivity index (χ1v) is 7.02. The Bertz CT molecular complexity index is 423. The smallest absolute Gasteiger partial charge is 0.274 e. The van der Waals surface area contributed by atoms with E-state index in [0.29, 0.717) is 17.9 Å².